The van der Waals surface area contributed by atoms with Gasteiger partial charge in [-0.05, 0) is 5.92 Å². The number of aliphatic hydroxyl groups excluding tert-OH is 1. The second-order valence-corrected chi connectivity index (χ2v) is 3.30. The Balaban J connectivity index is 4.94. The Morgan fingerprint density at radius 1 is 0.857 bits per heavy atom. The quantitative estimate of drug-likeness (QED) is 0.715. The van der Waals surface area contributed by atoms with E-state index in [9.17, 15) is 26.3 Å². The van der Waals surface area contributed by atoms with E-state index in [1.54, 1.807) is 0 Å². The van der Waals surface area contributed by atoms with E-state index in [1.807, 2.05) is 0 Å². The average molecular weight is 224 g/mol. The van der Waals surface area contributed by atoms with Gasteiger partial charge >= 0.3 is 12.4 Å². The van der Waals surface area contributed by atoms with Crippen molar-refractivity contribution in [1.82, 2.24) is 0 Å². The summed E-state index contributed by atoms with van der Waals surface area (Å²) in [5.41, 5.74) is 0. The molecule has 0 aliphatic carbocycles. The van der Waals surface area contributed by atoms with E-state index >= 15 is 0 Å². The Hall–Kier alpha value is -0.460. The molecule has 0 saturated heterocycles. The molecule has 0 radical (unpaired) electrons. The van der Waals surface area contributed by atoms with Gasteiger partial charge in [0.2, 0.25) is 0 Å². The van der Waals surface area contributed by atoms with Crippen LogP contribution in [-0.2, 0) is 0 Å². The lowest BCUT2D eigenvalue weighted by Gasteiger charge is -2.29. The Labute approximate surface area is 76.7 Å². The van der Waals surface area contributed by atoms with Crippen molar-refractivity contribution in [1.29, 1.82) is 0 Å². The van der Waals surface area contributed by atoms with Crippen molar-refractivity contribution in [3.8, 4) is 0 Å². The third-order valence-electron chi connectivity index (χ3n) is 1.73. The molecular weight excluding hydrogens is 214 g/mol. The number of rotatable bonds is 2. The molecule has 0 aliphatic heterocycles. The summed E-state index contributed by atoms with van der Waals surface area (Å²) in [6.07, 6.45) is -13.4. The van der Waals surface area contributed by atoms with Crippen molar-refractivity contribution >= 4 is 0 Å². The molecule has 7 heteroatoms. The fraction of sp³-hybridized carbons (Fsp3) is 1.00. The van der Waals surface area contributed by atoms with Gasteiger partial charge in [-0.25, -0.2) is 0 Å². The largest absolute Gasteiger partial charge is 0.403 e. The van der Waals surface area contributed by atoms with E-state index in [-0.39, 0.29) is 0 Å². The van der Waals surface area contributed by atoms with Crippen LogP contribution in [0.1, 0.15) is 13.8 Å². The first-order valence-corrected chi connectivity index (χ1v) is 3.79. The summed E-state index contributed by atoms with van der Waals surface area (Å²) in [5.74, 6) is -4.78. The first-order valence-electron chi connectivity index (χ1n) is 3.79. The van der Waals surface area contributed by atoms with E-state index in [2.05, 4.69) is 0 Å². The molecule has 1 N–H and O–H groups in total. The maximum absolute atomic E-state index is 11.9. The van der Waals surface area contributed by atoms with Crippen LogP contribution in [0, 0.1) is 11.8 Å². The molecule has 0 bridgehead atoms. The predicted octanol–water partition coefficient (Wildman–Crippen LogP) is 2.74. The lowest BCUT2D eigenvalue weighted by Crippen LogP contribution is -2.46. The fourth-order valence-electron chi connectivity index (χ4n) is 0.958. The molecule has 0 spiro atoms. The summed E-state index contributed by atoms with van der Waals surface area (Å²) in [6.45, 7) is 2.18. The Morgan fingerprint density at radius 2 is 1.14 bits per heavy atom. The number of hydrogen-bond donors (Lipinski definition) is 1. The molecule has 0 heterocycles. The van der Waals surface area contributed by atoms with Crippen molar-refractivity contribution in [3.63, 3.8) is 0 Å². The van der Waals surface area contributed by atoms with Gasteiger partial charge < -0.3 is 5.11 Å². The molecule has 86 valence electrons. The summed E-state index contributed by atoms with van der Waals surface area (Å²) in [4.78, 5) is 0. The van der Waals surface area contributed by atoms with Gasteiger partial charge in [-0.15, -0.1) is 0 Å². The van der Waals surface area contributed by atoms with Crippen LogP contribution >= 0.6 is 0 Å². The molecule has 0 amide bonds. The molecule has 0 rings (SSSR count). The Kier molecular flexibility index (Phi) is 3.83. The van der Waals surface area contributed by atoms with Gasteiger partial charge in [-0.2, -0.15) is 26.3 Å². The summed E-state index contributed by atoms with van der Waals surface area (Å²) >= 11 is 0. The molecular formula is C7H10F6O. The highest BCUT2D eigenvalue weighted by Crippen LogP contribution is 2.42. The highest BCUT2D eigenvalue weighted by molar-refractivity contribution is 4.83. The average Bonchev–Trinajstić information content (AvgIpc) is 1.79. The van der Waals surface area contributed by atoms with Crippen LogP contribution in [0.25, 0.3) is 0 Å². The second kappa shape index (κ2) is 3.96. The number of hydrogen-bond acceptors (Lipinski definition) is 1. The summed E-state index contributed by atoms with van der Waals surface area (Å²) in [7, 11) is 0. The third kappa shape index (κ3) is 3.36. The molecule has 0 aliphatic rings. The maximum Gasteiger partial charge on any atom is 0.403 e. The standard InChI is InChI=1S/C7H10F6O/c1-3(2)4(14)5(6(8,9)10)7(11,12)13/h3-5,14H,1-2H3. The zero-order valence-corrected chi connectivity index (χ0v) is 7.45. The zero-order chi connectivity index (χ0) is 11.7. The van der Waals surface area contributed by atoms with Crippen molar-refractivity contribution in [2.24, 2.45) is 11.8 Å². The fourth-order valence-corrected chi connectivity index (χ4v) is 0.958. The molecule has 14 heavy (non-hydrogen) atoms. The molecule has 0 aromatic heterocycles. The second-order valence-electron chi connectivity index (χ2n) is 3.30. The van der Waals surface area contributed by atoms with E-state index in [4.69, 9.17) is 5.11 Å². The third-order valence-corrected chi connectivity index (χ3v) is 1.73. The van der Waals surface area contributed by atoms with Crippen LogP contribution in [0.15, 0.2) is 0 Å². The van der Waals surface area contributed by atoms with Crippen LogP contribution < -0.4 is 0 Å². The minimum atomic E-state index is -5.47. The van der Waals surface area contributed by atoms with Gasteiger partial charge in [0.1, 0.15) is 0 Å². The first kappa shape index (κ1) is 13.5. The van der Waals surface area contributed by atoms with Crippen molar-refractivity contribution in [2.75, 3.05) is 0 Å². The van der Waals surface area contributed by atoms with Gasteiger partial charge in [0.05, 0.1) is 6.10 Å². The van der Waals surface area contributed by atoms with Gasteiger partial charge in [0.25, 0.3) is 0 Å². The van der Waals surface area contributed by atoms with E-state index in [0.29, 0.717) is 0 Å². The first-order chi connectivity index (χ1) is 5.98. The summed E-state index contributed by atoms with van der Waals surface area (Å²) in [6, 6.07) is 0. The van der Waals surface area contributed by atoms with Crippen molar-refractivity contribution in [3.05, 3.63) is 0 Å². The van der Waals surface area contributed by atoms with Crippen LogP contribution in [0.4, 0.5) is 26.3 Å². The van der Waals surface area contributed by atoms with Crippen molar-refractivity contribution in [2.45, 2.75) is 32.3 Å². The number of alkyl halides is 6. The van der Waals surface area contributed by atoms with Crippen molar-refractivity contribution < 1.29 is 31.4 Å². The SMILES string of the molecule is CC(C)C(O)C(C(F)(F)F)C(F)(F)F. The maximum atomic E-state index is 11.9. The predicted molar refractivity (Wildman–Crippen MR) is 36.4 cm³/mol. The van der Waals surface area contributed by atoms with Crippen LogP contribution in [0.3, 0.4) is 0 Å². The minimum Gasteiger partial charge on any atom is -0.392 e. The van der Waals surface area contributed by atoms with Gasteiger partial charge in [0, 0.05) is 0 Å². The van der Waals surface area contributed by atoms with E-state index < -0.39 is 30.3 Å². The molecule has 1 unspecified atom stereocenters. The van der Waals surface area contributed by atoms with Gasteiger partial charge in [-0.1, -0.05) is 13.8 Å². The molecule has 0 saturated carbocycles. The highest BCUT2D eigenvalue weighted by atomic mass is 19.4. The smallest absolute Gasteiger partial charge is 0.392 e. The van der Waals surface area contributed by atoms with Crippen LogP contribution in [0.2, 0.25) is 0 Å². The molecule has 0 aromatic carbocycles. The van der Waals surface area contributed by atoms with Crippen LogP contribution in [-0.4, -0.2) is 23.6 Å². The lowest BCUT2D eigenvalue weighted by molar-refractivity contribution is -0.310. The van der Waals surface area contributed by atoms with Gasteiger partial charge in [0.15, 0.2) is 5.92 Å². The van der Waals surface area contributed by atoms with E-state index in [0.717, 1.165) is 13.8 Å². The summed E-state index contributed by atoms with van der Waals surface area (Å²) < 4.78 is 71.7. The van der Waals surface area contributed by atoms with Gasteiger partial charge in [-0.3, -0.25) is 0 Å². The topological polar surface area (TPSA) is 20.2 Å². The Morgan fingerprint density at radius 3 is 1.21 bits per heavy atom. The zero-order valence-electron chi connectivity index (χ0n) is 7.45. The Bertz CT molecular complexity index is 168. The highest BCUT2D eigenvalue weighted by Gasteiger charge is 2.60. The van der Waals surface area contributed by atoms with Crippen LogP contribution in [0.5, 0.6) is 0 Å². The molecule has 1 atom stereocenters. The number of halogens is 6. The molecule has 0 aromatic rings. The molecule has 0 fully saturated rings. The van der Waals surface area contributed by atoms with E-state index in [1.165, 1.54) is 0 Å². The number of aliphatic hydroxyl groups is 1. The normalized spacial score (nSPS) is 16.5. The lowest BCUT2D eigenvalue weighted by atomic mass is 9.92. The summed E-state index contributed by atoms with van der Waals surface area (Å²) in [5, 5.41) is 8.82. The molecule has 1 nitrogen and oxygen atoms in total. The monoisotopic (exact) mass is 224 g/mol. The minimum absolute atomic E-state index is 1.09.